The van der Waals surface area contributed by atoms with Gasteiger partial charge in [-0.2, -0.15) is 0 Å². The molecule has 6 heteroatoms. The fraction of sp³-hybridized carbons (Fsp3) is 0.545. The van der Waals surface area contributed by atoms with Crippen molar-refractivity contribution in [1.29, 1.82) is 0 Å². The highest BCUT2D eigenvalue weighted by molar-refractivity contribution is 9.10. The van der Waals surface area contributed by atoms with Gasteiger partial charge in [0.25, 0.3) is 0 Å². The van der Waals surface area contributed by atoms with Crippen LogP contribution in [0.15, 0.2) is 12.4 Å². The van der Waals surface area contributed by atoms with Crippen LogP contribution in [0.25, 0.3) is 0 Å². The number of anilines is 1. The molecule has 0 aliphatic heterocycles. The number of amides is 1. The number of carbonyl (C=O) groups excluding carboxylic acids is 1. The molecule has 0 aromatic carbocycles. The van der Waals surface area contributed by atoms with Crippen molar-refractivity contribution in [3.63, 3.8) is 0 Å². The Balaban J connectivity index is 1.85. The molecule has 0 bridgehead atoms. The number of hydrogen-bond donors (Lipinski definition) is 1. The zero-order valence-electron chi connectivity index (χ0n) is 9.52. The maximum atomic E-state index is 11.4. The van der Waals surface area contributed by atoms with Gasteiger partial charge in [-0.3, -0.25) is 4.79 Å². The molecule has 5 nitrogen and oxygen atoms in total. The summed E-state index contributed by atoms with van der Waals surface area (Å²) in [5, 5.41) is 2.63. The van der Waals surface area contributed by atoms with Crippen molar-refractivity contribution in [2.24, 2.45) is 5.92 Å². The first-order valence-corrected chi connectivity index (χ1v) is 6.46. The van der Waals surface area contributed by atoms with Crippen molar-refractivity contribution in [3.05, 3.63) is 12.4 Å². The fourth-order valence-electron chi connectivity index (χ4n) is 1.17. The lowest BCUT2D eigenvalue weighted by Crippen LogP contribution is -2.20. The predicted molar refractivity (Wildman–Crippen MR) is 67.3 cm³/mol. The van der Waals surface area contributed by atoms with E-state index in [1.165, 1.54) is 25.2 Å². The molecule has 1 aromatic rings. The third-order valence-corrected chi connectivity index (χ3v) is 2.82. The number of carbonyl (C=O) groups is 1. The van der Waals surface area contributed by atoms with E-state index in [0.29, 0.717) is 24.2 Å². The number of alkyl halides is 1. The molecule has 0 radical (unpaired) electrons. The quantitative estimate of drug-likeness (QED) is 0.845. The molecule has 1 N–H and O–H groups in total. The van der Waals surface area contributed by atoms with Gasteiger partial charge in [0.15, 0.2) is 5.82 Å². The van der Waals surface area contributed by atoms with Gasteiger partial charge in [-0.05, 0) is 25.7 Å². The van der Waals surface area contributed by atoms with Gasteiger partial charge in [0.1, 0.15) is 0 Å². The van der Waals surface area contributed by atoms with Gasteiger partial charge in [-0.15, -0.1) is 0 Å². The highest BCUT2D eigenvalue weighted by atomic mass is 79.9. The number of nitrogens with zero attached hydrogens (tertiary/aromatic N) is 2. The van der Waals surface area contributed by atoms with Crippen molar-refractivity contribution >= 4 is 27.7 Å². The number of nitrogens with one attached hydrogen (secondary N) is 1. The molecule has 0 spiro atoms. The van der Waals surface area contributed by atoms with E-state index in [1.54, 1.807) is 6.92 Å². The summed E-state index contributed by atoms with van der Waals surface area (Å²) in [4.78, 5) is 19.2. The summed E-state index contributed by atoms with van der Waals surface area (Å²) < 4.78 is 5.44. The average molecular weight is 300 g/mol. The average Bonchev–Trinajstić information content (AvgIpc) is 3.12. The molecule has 1 aromatic heterocycles. The van der Waals surface area contributed by atoms with E-state index in [9.17, 15) is 4.79 Å². The van der Waals surface area contributed by atoms with Gasteiger partial charge in [0.2, 0.25) is 11.8 Å². The maximum absolute atomic E-state index is 11.4. The first-order valence-electron chi connectivity index (χ1n) is 5.55. The van der Waals surface area contributed by atoms with Gasteiger partial charge in [-0.25, -0.2) is 9.97 Å². The van der Waals surface area contributed by atoms with E-state index in [0.717, 1.165) is 0 Å². The molecule has 0 saturated heterocycles. The maximum Gasteiger partial charge on any atom is 0.239 e. The van der Waals surface area contributed by atoms with Crippen molar-refractivity contribution < 1.29 is 9.53 Å². The Labute approximate surface area is 108 Å². The SMILES string of the molecule is CC(Br)C(=O)Nc1cnc(OCC2CC2)cn1. The minimum Gasteiger partial charge on any atom is -0.476 e. The summed E-state index contributed by atoms with van der Waals surface area (Å²) in [6.45, 7) is 2.45. The lowest BCUT2D eigenvalue weighted by atomic mass is 10.4. The molecule has 1 fully saturated rings. The minimum atomic E-state index is -0.255. The second-order valence-electron chi connectivity index (χ2n) is 4.10. The highest BCUT2D eigenvalue weighted by Gasteiger charge is 2.22. The molecule has 1 amide bonds. The van der Waals surface area contributed by atoms with Crippen molar-refractivity contribution in [3.8, 4) is 5.88 Å². The molecule has 2 rings (SSSR count). The Morgan fingerprint density at radius 2 is 2.35 bits per heavy atom. The van der Waals surface area contributed by atoms with Crippen LogP contribution in [-0.4, -0.2) is 27.3 Å². The summed E-state index contributed by atoms with van der Waals surface area (Å²) >= 11 is 3.17. The van der Waals surface area contributed by atoms with Crippen LogP contribution >= 0.6 is 15.9 Å². The van der Waals surface area contributed by atoms with Crippen LogP contribution in [0.1, 0.15) is 19.8 Å². The van der Waals surface area contributed by atoms with Crippen LogP contribution in [0.3, 0.4) is 0 Å². The zero-order chi connectivity index (χ0) is 12.3. The third kappa shape index (κ3) is 3.96. The number of rotatable bonds is 5. The van der Waals surface area contributed by atoms with Crippen LogP contribution in [-0.2, 0) is 4.79 Å². The van der Waals surface area contributed by atoms with Crippen LogP contribution in [0.2, 0.25) is 0 Å². The van der Waals surface area contributed by atoms with Gasteiger partial charge >= 0.3 is 0 Å². The highest BCUT2D eigenvalue weighted by Crippen LogP contribution is 2.29. The van der Waals surface area contributed by atoms with E-state index >= 15 is 0 Å². The lowest BCUT2D eigenvalue weighted by Gasteiger charge is -2.06. The number of ether oxygens (including phenoxy) is 1. The number of halogens is 1. The number of aromatic nitrogens is 2. The van der Waals surface area contributed by atoms with Gasteiger partial charge in [0, 0.05) is 0 Å². The van der Waals surface area contributed by atoms with E-state index in [2.05, 4.69) is 31.2 Å². The second kappa shape index (κ2) is 5.44. The largest absolute Gasteiger partial charge is 0.476 e. The topological polar surface area (TPSA) is 64.1 Å². The monoisotopic (exact) mass is 299 g/mol. The van der Waals surface area contributed by atoms with Gasteiger partial charge < -0.3 is 10.1 Å². The van der Waals surface area contributed by atoms with Gasteiger partial charge in [0.05, 0.1) is 23.8 Å². The Morgan fingerprint density at radius 1 is 1.59 bits per heavy atom. The third-order valence-electron chi connectivity index (χ3n) is 2.40. The van der Waals surface area contributed by atoms with Crippen LogP contribution in [0.4, 0.5) is 5.82 Å². The summed E-state index contributed by atoms with van der Waals surface area (Å²) in [6, 6.07) is 0. The van der Waals surface area contributed by atoms with Crippen molar-refractivity contribution in [2.45, 2.75) is 24.6 Å². The second-order valence-corrected chi connectivity index (χ2v) is 5.47. The summed E-state index contributed by atoms with van der Waals surface area (Å²) in [5.41, 5.74) is 0. The number of hydrogen-bond acceptors (Lipinski definition) is 4. The van der Waals surface area contributed by atoms with Crippen LogP contribution in [0.5, 0.6) is 5.88 Å². The molecule has 17 heavy (non-hydrogen) atoms. The summed E-state index contributed by atoms with van der Waals surface area (Å²) in [7, 11) is 0. The van der Waals surface area contributed by atoms with E-state index in [4.69, 9.17) is 4.74 Å². The summed E-state index contributed by atoms with van der Waals surface area (Å²) in [5.74, 6) is 1.47. The standard InChI is InChI=1S/C11H14BrN3O2/c1-7(12)11(16)15-9-4-14-10(5-13-9)17-6-8-2-3-8/h4-5,7-8H,2-3,6H2,1H3,(H,13,15,16). The Kier molecular flexibility index (Phi) is 3.93. The molecule has 1 saturated carbocycles. The Hall–Kier alpha value is -1.17. The Bertz CT molecular complexity index is 390. The molecule has 1 aliphatic rings. The molecule has 1 heterocycles. The smallest absolute Gasteiger partial charge is 0.239 e. The van der Waals surface area contributed by atoms with Crippen LogP contribution in [0, 0.1) is 5.92 Å². The first-order chi connectivity index (χ1) is 8.15. The Morgan fingerprint density at radius 3 is 2.88 bits per heavy atom. The van der Waals surface area contributed by atoms with E-state index in [1.807, 2.05) is 0 Å². The molecular weight excluding hydrogens is 286 g/mol. The predicted octanol–water partition coefficient (Wildman–Crippen LogP) is 1.99. The minimum absolute atomic E-state index is 0.147. The normalized spacial score (nSPS) is 16.4. The van der Waals surface area contributed by atoms with Crippen molar-refractivity contribution in [2.75, 3.05) is 11.9 Å². The lowest BCUT2D eigenvalue weighted by molar-refractivity contribution is -0.115. The molecule has 1 atom stereocenters. The summed E-state index contributed by atoms with van der Waals surface area (Å²) in [6.07, 6.45) is 5.50. The van der Waals surface area contributed by atoms with E-state index in [-0.39, 0.29) is 10.7 Å². The van der Waals surface area contributed by atoms with E-state index < -0.39 is 0 Å². The van der Waals surface area contributed by atoms with Crippen molar-refractivity contribution in [1.82, 2.24) is 9.97 Å². The van der Waals surface area contributed by atoms with Gasteiger partial charge in [-0.1, -0.05) is 15.9 Å². The fourth-order valence-corrected chi connectivity index (χ4v) is 1.28. The molecular formula is C11H14BrN3O2. The zero-order valence-corrected chi connectivity index (χ0v) is 11.1. The molecule has 92 valence electrons. The van der Waals surface area contributed by atoms with Crippen LogP contribution < -0.4 is 10.1 Å². The molecule has 1 unspecified atom stereocenters. The first kappa shape index (κ1) is 12.3. The molecule has 1 aliphatic carbocycles.